The van der Waals surface area contributed by atoms with Crippen LogP contribution in [0.1, 0.15) is 13.3 Å². The van der Waals surface area contributed by atoms with Gasteiger partial charge in [0.05, 0.1) is 13.2 Å². The summed E-state index contributed by atoms with van der Waals surface area (Å²) in [4.78, 5) is 16.5. The minimum absolute atomic E-state index is 0. The van der Waals surface area contributed by atoms with E-state index in [2.05, 4.69) is 17.1 Å². The first kappa shape index (κ1) is 19.9. The minimum Gasteiger partial charge on any atom is -0.379 e. The van der Waals surface area contributed by atoms with E-state index in [1.165, 1.54) is 0 Å². The van der Waals surface area contributed by atoms with Crippen molar-refractivity contribution in [1.29, 1.82) is 0 Å². The molecule has 5 nitrogen and oxygen atoms in total. The third-order valence-electron chi connectivity index (χ3n) is 4.03. The molecule has 2 atom stereocenters. The van der Waals surface area contributed by atoms with Gasteiger partial charge in [-0.15, -0.1) is 24.8 Å². The van der Waals surface area contributed by atoms with Crippen molar-refractivity contribution in [2.75, 3.05) is 53.0 Å². The Balaban J connectivity index is 0.00000180. The van der Waals surface area contributed by atoms with Gasteiger partial charge in [-0.3, -0.25) is 9.69 Å². The van der Waals surface area contributed by atoms with Crippen LogP contribution < -0.4 is 5.32 Å². The van der Waals surface area contributed by atoms with Crippen LogP contribution in [0, 0.1) is 5.92 Å². The lowest BCUT2D eigenvalue weighted by Gasteiger charge is -2.34. The van der Waals surface area contributed by atoms with Crippen LogP contribution in [0.25, 0.3) is 0 Å². The van der Waals surface area contributed by atoms with Crippen molar-refractivity contribution < 1.29 is 9.53 Å². The number of nitrogens with one attached hydrogen (secondary N) is 1. The van der Waals surface area contributed by atoms with Gasteiger partial charge in [0.2, 0.25) is 5.91 Å². The normalized spacial score (nSPS) is 26.8. The molecule has 2 saturated heterocycles. The summed E-state index contributed by atoms with van der Waals surface area (Å²) in [7, 11) is 1.89. The van der Waals surface area contributed by atoms with E-state index >= 15 is 0 Å². The highest BCUT2D eigenvalue weighted by Gasteiger charge is 2.36. The van der Waals surface area contributed by atoms with Gasteiger partial charge >= 0.3 is 0 Å². The van der Waals surface area contributed by atoms with Crippen molar-refractivity contribution in [3.8, 4) is 0 Å². The zero-order valence-corrected chi connectivity index (χ0v) is 14.0. The van der Waals surface area contributed by atoms with E-state index < -0.39 is 0 Å². The molecule has 2 fully saturated rings. The average molecular weight is 328 g/mol. The molecule has 0 radical (unpaired) electrons. The highest BCUT2D eigenvalue weighted by atomic mass is 35.5. The topological polar surface area (TPSA) is 44.8 Å². The van der Waals surface area contributed by atoms with Crippen LogP contribution in [0.5, 0.6) is 0 Å². The summed E-state index contributed by atoms with van der Waals surface area (Å²) in [5, 5.41) is 3.03. The van der Waals surface area contributed by atoms with E-state index in [1.807, 2.05) is 11.9 Å². The lowest BCUT2D eigenvalue weighted by molar-refractivity contribution is -0.130. The van der Waals surface area contributed by atoms with Crippen LogP contribution in [-0.4, -0.2) is 74.7 Å². The van der Waals surface area contributed by atoms with Gasteiger partial charge in [-0.1, -0.05) is 6.92 Å². The van der Waals surface area contributed by atoms with E-state index in [9.17, 15) is 4.79 Å². The molecule has 20 heavy (non-hydrogen) atoms. The van der Waals surface area contributed by atoms with E-state index in [-0.39, 0.29) is 30.7 Å². The highest BCUT2D eigenvalue weighted by Crippen LogP contribution is 2.23. The number of hydrogen-bond donors (Lipinski definition) is 1. The lowest BCUT2D eigenvalue weighted by atomic mass is 10.0. The summed E-state index contributed by atoms with van der Waals surface area (Å²) in [6.07, 6.45) is 0.610. The summed E-state index contributed by atoms with van der Waals surface area (Å²) in [5.74, 6) is 0.855. The van der Waals surface area contributed by atoms with Crippen molar-refractivity contribution in [1.82, 2.24) is 15.1 Å². The molecule has 0 spiro atoms. The Morgan fingerprint density at radius 2 is 1.90 bits per heavy atom. The molecule has 0 bridgehead atoms. The zero-order valence-electron chi connectivity index (χ0n) is 12.3. The van der Waals surface area contributed by atoms with Gasteiger partial charge in [0.25, 0.3) is 0 Å². The SMILES string of the molecule is CNCCC(=O)N1CC(C)C(N2CCOCC2)C1.Cl.Cl. The number of rotatable bonds is 4. The Bertz CT molecular complexity index is 289. The molecule has 2 aliphatic rings. The monoisotopic (exact) mass is 327 g/mol. The third kappa shape index (κ3) is 5.04. The Morgan fingerprint density at radius 1 is 1.25 bits per heavy atom. The molecule has 0 aromatic carbocycles. The number of carbonyl (C=O) groups excluding carboxylic acids is 1. The number of hydrogen-bond acceptors (Lipinski definition) is 4. The first-order valence-corrected chi connectivity index (χ1v) is 6.96. The molecule has 0 saturated carbocycles. The molecule has 0 aliphatic carbocycles. The molecule has 0 aromatic heterocycles. The van der Waals surface area contributed by atoms with E-state index in [1.54, 1.807) is 0 Å². The third-order valence-corrected chi connectivity index (χ3v) is 4.03. The molecule has 1 N–H and O–H groups in total. The fraction of sp³-hybridized carbons (Fsp3) is 0.923. The van der Waals surface area contributed by atoms with Crippen LogP contribution in [0.4, 0.5) is 0 Å². The van der Waals surface area contributed by atoms with Gasteiger partial charge in [0.15, 0.2) is 0 Å². The quantitative estimate of drug-likeness (QED) is 0.822. The second-order valence-corrected chi connectivity index (χ2v) is 5.35. The molecule has 2 aliphatic heterocycles. The second kappa shape index (κ2) is 9.79. The molecule has 120 valence electrons. The largest absolute Gasteiger partial charge is 0.379 e. The number of ether oxygens (including phenoxy) is 1. The minimum atomic E-state index is 0. The Labute approximate surface area is 134 Å². The summed E-state index contributed by atoms with van der Waals surface area (Å²) in [6, 6.07) is 0.521. The van der Waals surface area contributed by atoms with Crippen molar-refractivity contribution in [2.24, 2.45) is 5.92 Å². The Kier molecular flexibility index (Phi) is 9.76. The molecule has 2 unspecified atom stereocenters. The molecule has 7 heteroatoms. The van der Waals surface area contributed by atoms with Crippen LogP contribution >= 0.6 is 24.8 Å². The van der Waals surface area contributed by atoms with Crippen molar-refractivity contribution in [3.05, 3.63) is 0 Å². The smallest absolute Gasteiger partial charge is 0.223 e. The highest BCUT2D eigenvalue weighted by molar-refractivity contribution is 5.85. The van der Waals surface area contributed by atoms with Gasteiger partial charge < -0.3 is 15.0 Å². The maximum absolute atomic E-state index is 12.0. The number of likely N-dealkylation sites (tertiary alicyclic amines) is 1. The van der Waals surface area contributed by atoms with E-state index in [4.69, 9.17) is 4.74 Å². The van der Waals surface area contributed by atoms with Gasteiger partial charge in [0.1, 0.15) is 0 Å². The number of halogens is 2. The van der Waals surface area contributed by atoms with Gasteiger partial charge in [-0.05, 0) is 13.0 Å². The van der Waals surface area contributed by atoms with Crippen molar-refractivity contribution in [2.45, 2.75) is 19.4 Å². The van der Waals surface area contributed by atoms with Crippen molar-refractivity contribution >= 4 is 30.7 Å². The molecule has 2 rings (SSSR count). The Morgan fingerprint density at radius 3 is 2.50 bits per heavy atom. The van der Waals surface area contributed by atoms with Crippen molar-refractivity contribution in [3.63, 3.8) is 0 Å². The molecular formula is C13H27Cl2N3O2. The average Bonchev–Trinajstić information content (AvgIpc) is 2.79. The maximum atomic E-state index is 12.0. The van der Waals surface area contributed by atoms with Crippen LogP contribution in [0.3, 0.4) is 0 Å². The zero-order chi connectivity index (χ0) is 13.0. The van der Waals surface area contributed by atoms with Gasteiger partial charge in [-0.25, -0.2) is 0 Å². The fourth-order valence-electron chi connectivity index (χ4n) is 2.93. The van der Waals surface area contributed by atoms with Crippen LogP contribution in [0.2, 0.25) is 0 Å². The number of nitrogens with zero attached hydrogens (tertiary/aromatic N) is 2. The second-order valence-electron chi connectivity index (χ2n) is 5.35. The standard InChI is InChI=1S/C13H25N3O2.2ClH/c1-11-9-16(13(17)3-4-14-2)10-12(11)15-5-7-18-8-6-15;;/h11-12,14H,3-10H2,1-2H3;2*1H. The van der Waals surface area contributed by atoms with Crippen LogP contribution in [0.15, 0.2) is 0 Å². The molecule has 2 heterocycles. The molecular weight excluding hydrogens is 301 g/mol. The lowest BCUT2D eigenvalue weighted by Crippen LogP contribution is -2.47. The van der Waals surface area contributed by atoms with Crippen LogP contribution in [-0.2, 0) is 9.53 Å². The first-order valence-electron chi connectivity index (χ1n) is 6.96. The summed E-state index contributed by atoms with van der Waals surface area (Å²) >= 11 is 0. The van der Waals surface area contributed by atoms with E-state index in [0.29, 0.717) is 18.4 Å². The number of carbonyl (C=O) groups is 1. The fourth-order valence-corrected chi connectivity index (χ4v) is 2.93. The maximum Gasteiger partial charge on any atom is 0.223 e. The predicted molar refractivity (Wildman–Crippen MR) is 85.0 cm³/mol. The number of amides is 1. The van der Waals surface area contributed by atoms with Gasteiger partial charge in [-0.2, -0.15) is 0 Å². The summed E-state index contributed by atoms with van der Waals surface area (Å²) in [5.41, 5.74) is 0. The van der Waals surface area contributed by atoms with Gasteiger partial charge in [0, 0.05) is 45.2 Å². The predicted octanol–water partition coefficient (Wildman–Crippen LogP) is 0.619. The molecule has 0 aromatic rings. The Hall–Kier alpha value is -0.0700. The summed E-state index contributed by atoms with van der Waals surface area (Å²) in [6.45, 7) is 8.50. The first-order chi connectivity index (χ1) is 8.72. The summed E-state index contributed by atoms with van der Waals surface area (Å²) < 4.78 is 5.39. The molecule has 1 amide bonds. The van der Waals surface area contributed by atoms with E-state index in [0.717, 1.165) is 45.9 Å². The number of morpholine rings is 1.